The first-order valence-electron chi connectivity index (χ1n) is 6.05. The molecule has 0 spiro atoms. The molecule has 0 aromatic heterocycles. The summed E-state index contributed by atoms with van der Waals surface area (Å²) >= 11 is 0. The highest BCUT2D eigenvalue weighted by Gasteiger charge is 2.50. The average Bonchev–Trinajstić information content (AvgIpc) is 2.21. The van der Waals surface area contributed by atoms with Crippen LogP contribution in [-0.4, -0.2) is 39.9 Å². The molecule has 0 aromatic carbocycles. The minimum Gasteiger partial charge on any atom is -0.455 e. The third-order valence-electron chi connectivity index (χ3n) is 2.46. The molecule has 1 heterocycles. The van der Waals surface area contributed by atoms with Crippen molar-refractivity contribution in [2.75, 3.05) is 13.2 Å². The molecule has 0 aliphatic carbocycles. The number of hydrogen-bond acceptors (Lipinski definition) is 7. The smallest absolute Gasteiger partial charge is 0.455 e. The van der Waals surface area contributed by atoms with Crippen LogP contribution in [0.3, 0.4) is 0 Å². The zero-order chi connectivity index (χ0) is 14.5. The van der Waals surface area contributed by atoms with E-state index in [0.717, 1.165) is 0 Å². The minimum absolute atomic E-state index is 0.116. The maximum Gasteiger partial charge on any atom is 0.704 e. The van der Waals surface area contributed by atoms with Gasteiger partial charge in [-0.2, -0.15) is 0 Å². The molecule has 7 nitrogen and oxygen atoms in total. The van der Waals surface area contributed by atoms with Crippen LogP contribution in [0.1, 0.15) is 27.2 Å². The molecular weight excluding hydrogens is 272 g/mol. The standard InChI is InChI=1S/C11H18O7Si/c1-4-19(16-8(2)12,17-9(3)13)18-11(14)5-10-6-15-7-10/h10H,4-7H2,1-3H3. The molecule has 0 aromatic rings. The first kappa shape index (κ1) is 15.6. The van der Waals surface area contributed by atoms with Crippen molar-refractivity contribution in [1.82, 2.24) is 0 Å². The van der Waals surface area contributed by atoms with E-state index in [4.69, 9.17) is 18.0 Å². The van der Waals surface area contributed by atoms with Gasteiger partial charge in [0.1, 0.15) is 0 Å². The molecule has 1 rings (SSSR count). The Bertz CT molecular complexity index is 348. The molecule has 0 radical (unpaired) electrons. The Morgan fingerprint density at radius 1 is 1.11 bits per heavy atom. The Kier molecular flexibility index (Phi) is 5.49. The van der Waals surface area contributed by atoms with Crippen LogP contribution >= 0.6 is 0 Å². The van der Waals surface area contributed by atoms with Crippen molar-refractivity contribution >= 4 is 26.7 Å². The summed E-state index contributed by atoms with van der Waals surface area (Å²) in [5, 5.41) is 0. The molecule has 1 aliphatic heterocycles. The highest BCUT2D eigenvalue weighted by atomic mass is 28.4. The normalized spacial score (nSPS) is 15.3. The van der Waals surface area contributed by atoms with Crippen LogP contribution < -0.4 is 0 Å². The summed E-state index contributed by atoms with van der Waals surface area (Å²) in [5.74, 6) is -1.71. The van der Waals surface area contributed by atoms with E-state index >= 15 is 0 Å². The van der Waals surface area contributed by atoms with Gasteiger partial charge < -0.3 is 18.0 Å². The fourth-order valence-electron chi connectivity index (χ4n) is 1.57. The Hall–Kier alpha value is -1.41. The third kappa shape index (κ3) is 4.99. The summed E-state index contributed by atoms with van der Waals surface area (Å²) in [6.07, 6.45) is 0.164. The maximum atomic E-state index is 11.8. The maximum absolute atomic E-state index is 11.8. The van der Waals surface area contributed by atoms with Crippen LogP contribution in [0.25, 0.3) is 0 Å². The van der Waals surface area contributed by atoms with Crippen molar-refractivity contribution < 1.29 is 32.4 Å². The fourth-order valence-corrected chi connectivity index (χ4v) is 3.43. The lowest BCUT2D eigenvalue weighted by Crippen LogP contribution is -2.49. The monoisotopic (exact) mass is 290 g/mol. The SMILES string of the molecule is CC[Si](OC(C)=O)(OC(C)=O)OC(=O)CC1COC1. The van der Waals surface area contributed by atoms with Crippen molar-refractivity contribution in [2.24, 2.45) is 5.92 Å². The predicted molar refractivity (Wildman–Crippen MR) is 64.8 cm³/mol. The molecule has 0 N–H and O–H groups in total. The lowest BCUT2D eigenvalue weighted by atomic mass is 10.1. The zero-order valence-corrected chi connectivity index (χ0v) is 12.3. The van der Waals surface area contributed by atoms with Crippen molar-refractivity contribution in [3.63, 3.8) is 0 Å². The van der Waals surface area contributed by atoms with Gasteiger partial charge in [-0.3, -0.25) is 14.4 Å². The Morgan fingerprint density at radius 2 is 1.63 bits per heavy atom. The van der Waals surface area contributed by atoms with Crippen molar-refractivity contribution in [1.29, 1.82) is 0 Å². The number of ether oxygens (including phenoxy) is 1. The van der Waals surface area contributed by atoms with Gasteiger partial charge in [-0.15, -0.1) is 0 Å². The summed E-state index contributed by atoms with van der Waals surface area (Å²) in [6.45, 7) is 5.01. The van der Waals surface area contributed by atoms with Gasteiger partial charge in [-0.05, 0) is 0 Å². The number of carbonyl (C=O) groups is 3. The molecule has 108 valence electrons. The highest BCUT2D eigenvalue weighted by molar-refractivity contribution is 6.65. The van der Waals surface area contributed by atoms with E-state index in [1.54, 1.807) is 6.92 Å². The molecule has 0 bridgehead atoms. The molecule has 0 unspecified atom stereocenters. The first-order valence-corrected chi connectivity index (χ1v) is 7.99. The van der Waals surface area contributed by atoms with Gasteiger partial charge in [0, 0.05) is 19.8 Å². The largest absolute Gasteiger partial charge is 0.704 e. The highest BCUT2D eigenvalue weighted by Crippen LogP contribution is 2.20. The first-order chi connectivity index (χ1) is 8.87. The van der Waals surface area contributed by atoms with E-state index in [-0.39, 0.29) is 18.4 Å². The van der Waals surface area contributed by atoms with Crippen molar-refractivity contribution in [3.05, 3.63) is 0 Å². The molecule has 0 saturated carbocycles. The second kappa shape index (κ2) is 6.67. The van der Waals surface area contributed by atoms with Crippen LogP contribution in [0.5, 0.6) is 0 Å². The molecule has 0 amide bonds. The number of hydrogen-bond donors (Lipinski definition) is 0. The van der Waals surface area contributed by atoms with E-state index in [1.807, 2.05) is 0 Å². The van der Waals surface area contributed by atoms with Crippen LogP contribution in [0.2, 0.25) is 6.04 Å². The number of rotatable bonds is 6. The summed E-state index contributed by atoms with van der Waals surface area (Å²) in [7, 11) is -3.60. The van der Waals surface area contributed by atoms with E-state index < -0.39 is 26.7 Å². The number of carbonyl (C=O) groups excluding carboxylic acids is 3. The van der Waals surface area contributed by atoms with Gasteiger partial charge in [0.15, 0.2) is 0 Å². The topological polar surface area (TPSA) is 88.1 Å². The molecule has 1 saturated heterocycles. The lowest BCUT2D eigenvalue weighted by Gasteiger charge is -2.28. The Balaban J connectivity index is 2.66. The van der Waals surface area contributed by atoms with Gasteiger partial charge in [0.2, 0.25) is 0 Å². The average molecular weight is 290 g/mol. The van der Waals surface area contributed by atoms with E-state index in [2.05, 4.69) is 0 Å². The molecule has 1 fully saturated rings. The Morgan fingerprint density at radius 3 is 1.95 bits per heavy atom. The quantitative estimate of drug-likeness (QED) is 0.664. The summed E-state index contributed by atoms with van der Waals surface area (Å²) < 4.78 is 20.1. The van der Waals surface area contributed by atoms with Gasteiger partial charge >= 0.3 is 8.80 Å². The lowest BCUT2D eigenvalue weighted by molar-refractivity contribution is -0.151. The summed E-state index contributed by atoms with van der Waals surface area (Å²) in [5.41, 5.74) is 0. The molecular formula is C11H18O7Si. The van der Waals surface area contributed by atoms with E-state index in [1.165, 1.54) is 13.8 Å². The van der Waals surface area contributed by atoms with Crippen molar-refractivity contribution in [2.45, 2.75) is 33.2 Å². The fraction of sp³-hybridized carbons (Fsp3) is 0.727. The van der Waals surface area contributed by atoms with Gasteiger partial charge in [0.05, 0.1) is 25.7 Å². The molecule has 0 atom stereocenters. The zero-order valence-electron chi connectivity index (χ0n) is 11.3. The van der Waals surface area contributed by atoms with Crippen molar-refractivity contribution in [3.8, 4) is 0 Å². The minimum atomic E-state index is -3.60. The second-order valence-corrected chi connectivity index (χ2v) is 6.99. The molecule has 19 heavy (non-hydrogen) atoms. The second-order valence-electron chi connectivity index (χ2n) is 4.31. The van der Waals surface area contributed by atoms with Gasteiger partial charge in [-0.1, -0.05) is 6.92 Å². The Labute approximate surface area is 112 Å². The van der Waals surface area contributed by atoms with Gasteiger partial charge in [0.25, 0.3) is 17.9 Å². The molecule has 1 aliphatic rings. The van der Waals surface area contributed by atoms with Crippen LogP contribution in [0, 0.1) is 5.92 Å². The summed E-state index contributed by atoms with van der Waals surface area (Å²) in [4.78, 5) is 33.9. The van der Waals surface area contributed by atoms with Gasteiger partial charge in [-0.25, -0.2) is 0 Å². The molecule has 8 heteroatoms. The predicted octanol–water partition coefficient (Wildman–Crippen LogP) is 0.651. The van der Waals surface area contributed by atoms with E-state index in [0.29, 0.717) is 13.2 Å². The van der Waals surface area contributed by atoms with Crippen LogP contribution in [0.4, 0.5) is 0 Å². The van der Waals surface area contributed by atoms with Crippen LogP contribution in [-0.2, 0) is 32.4 Å². The third-order valence-corrected chi connectivity index (χ3v) is 5.06. The summed E-state index contributed by atoms with van der Waals surface area (Å²) in [6, 6.07) is 0.152. The van der Waals surface area contributed by atoms with Crippen LogP contribution in [0.15, 0.2) is 0 Å². The van der Waals surface area contributed by atoms with E-state index in [9.17, 15) is 14.4 Å².